The predicted molar refractivity (Wildman–Crippen MR) is 73.5 cm³/mol. The Morgan fingerprint density at radius 3 is 3.00 bits per heavy atom. The van der Waals surface area contributed by atoms with E-state index in [2.05, 4.69) is 5.32 Å². The van der Waals surface area contributed by atoms with Crippen LogP contribution in [0.15, 0.2) is 24.3 Å². The summed E-state index contributed by atoms with van der Waals surface area (Å²) in [6.45, 7) is 4.90. The molecule has 1 fully saturated rings. The number of esters is 1. The Morgan fingerprint density at radius 2 is 2.26 bits per heavy atom. The smallest absolute Gasteiger partial charge is 0.341 e. The summed E-state index contributed by atoms with van der Waals surface area (Å²) in [4.78, 5) is 11.8. The zero-order valence-electron chi connectivity index (χ0n) is 11.4. The highest BCUT2D eigenvalue weighted by Gasteiger charge is 2.16. The number of carbonyl (C=O) groups is 1. The van der Waals surface area contributed by atoms with Crippen LogP contribution < -0.4 is 10.1 Å². The van der Waals surface area contributed by atoms with Gasteiger partial charge in [0.25, 0.3) is 0 Å². The molecular formula is C15H21NO3. The highest BCUT2D eigenvalue weighted by Crippen LogP contribution is 2.21. The lowest BCUT2D eigenvalue weighted by Crippen LogP contribution is -2.33. The average molecular weight is 263 g/mol. The van der Waals surface area contributed by atoms with Crippen LogP contribution in [0.3, 0.4) is 0 Å². The number of piperidine rings is 1. The van der Waals surface area contributed by atoms with Crippen molar-refractivity contribution >= 4 is 5.97 Å². The van der Waals surface area contributed by atoms with Crippen molar-refractivity contribution in [2.75, 3.05) is 26.3 Å². The van der Waals surface area contributed by atoms with E-state index in [1.54, 1.807) is 13.0 Å². The second-order valence-corrected chi connectivity index (χ2v) is 4.74. The molecule has 4 nitrogen and oxygen atoms in total. The Hall–Kier alpha value is -1.55. The summed E-state index contributed by atoms with van der Waals surface area (Å²) in [6.07, 6.45) is 2.36. The normalized spacial score (nSPS) is 18.9. The molecule has 0 unspecified atom stereocenters. The lowest BCUT2D eigenvalue weighted by Gasteiger charge is -2.23. The number of carbonyl (C=O) groups excluding carboxylic acids is 1. The van der Waals surface area contributed by atoms with Crippen molar-refractivity contribution in [3.63, 3.8) is 0 Å². The first-order valence-electron chi connectivity index (χ1n) is 6.91. The zero-order chi connectivity index (χ0) is 13.5. The van der Waals surface area contributed by atoms with Crippen molar-refractivity contribution in [3.8, 4) is 5.75 Å². The molecule has 1 aromatic rings. The van der Waals surface area contributed by atoms with Crippen LogP contribution in [0.2, 0.25) is 0 Å². The second kappa shape index (κ2) is 7.14. The monoisotopic (exact) mass is 263 g/mol. The van der Waals surface area contributed by atoms with Gasteiger partial charge in [-0.3, -0.25) is 0 Å². The first kappa shape index (κ1) is 13.9. The average Bonchev–Trinajstić information content (AvgIpc) is 2.47. The van der Waals surface area contributed by atoms with Crippen molar-refractivity contribution in [2.45, 2.75) is 19.8 Å². The van der Waals surface area contributed by atoms with Gasteiger partial charge in [0, 0.05) is 12.5 Å². The molecule has 0 aliphatic carbocycles. The standard InChI is InChI=1S/C15H21NO3/c1-2-18-15(17)13-7-3-4-8-14(13)19-11-12-6-5-9-16-10-12/h3-4,7-8,12,16H,2,5-6,9-11H2,1H3/t12-/m0/s1. The van der Waals surface area contributed by atoms with Gasteiger partial charge in [-0.2, -0.15) is 0 Å². The molecule has 104 valence electrons. The number of nitrogens with one attached hydrogen (secondary N) is 1. The van der Waals surface area contributed by atoms with Crippen LogP contribution in [-0.4, -0.2) is 32.3 Å². The molecule has 0 radical (unpaired) electrons. The summed E-state index contributed by atoms with van der Waals surface area (Å²) < 4.78 is 10.8. The Bertz CT molecular complexity index is 414. The third kappa shape index (κ3) is 3.96. The van der Waals surface area contributed by atoms with Crippen LogP contribution in [0.5, 0.6) is 5.75 Å². The van der Waals surface area contributed by atoms with Crippen LogP contribution in [0.25, 0.3) is 0 Å². The third-order valence-corrected chi connectivity index (χ3v) is 3.26. The predicted octanol–water partition coefficient (Wildman–Crippen LogP) is 2.24. The van der Waals surface area contributed by atoms with Gasteiger partial charge in [0.1, 0.15) is 11.3 Å². The molecule has 1 aliphatic rings. The Labute approximate surface area is 114 Å². The van der Waals surface area contributed by atoms with Crippen molar-refractivity contribution in [1.82, 2.24) is 5.32 Å². The van der Waals surface area contributed by atoms with E-state index in [1.165, 1.54) is 12.8 Å². The van der Waals surface area contributed by atoms with Crippen LogP contribution in [0.4, 0.5) is 0 Å². The molecular weight excluding hydrogens is 242 g/mol. The number of hydrogen-bond donors (Lipinski definition) is 1. The first-order chi connectivity index (χ1) is 9.31. The lowest BCUT2D eigenvalue weighted by molar-refractivity contribution is 0.0520. The summed E-state index contributed by atoms with van der Waals surface area (Å²) in [5, 5.41) is 3.36. The number of ether oxygens (including phenoxy) is 2. The quantitative estimate of drug-likeness (QED) is 0.828. The number of rotatable bonds is 5. The molecule has 1 N–H and O–H groups in total. The van der Waals surface area contributed by atoms with Gasteiger partial charge in [0.2, 0.25) is 0 Å². The van der Waals surface area contributed by atoms with E-state index in [1.807, 2.05) is 18.2 Å². The Kier molecular flexibility index (Phi) is 5.21. The molecule has 1 aromatic carbocycles. The highest BCUT2D eigenvalue weighted by atomic mass is 16.5. The minimum absolute atomic E-state index is 0.320. The maximum Gasteiger partial charge on any atom is 0.341 e. The SMILES string of the molecule is CCOC(=O)c1ccccc1OC[C@H]1CCCNC1. The fourth-order valence-corrected chi connectivity index (χ4v) is 2.24. The number of para-hydroxylation sites is 1. The van der Waals surface area contributed by atoms with Crippen molar-refractivity contribution in [1.29, 1.82) is 0 Å². The lowest BCUT2D eigenvalue weighted by atomic mass is 10.0. The van der Waals surface area contributed by atoms with Crippen molar-refractivity contribution < 1.29 is 14.3 Å². The largest absolute Gasteiger partial charge is 0.492 e. The molecule has 0 spiro atoms. The van der Waals surface area contributed by atoms with Gasteiger partial charge < -0.3 is 14.8 Å². The summed E-state index contributed by atoms with van der Waals surface area (Å²) in [5.41, 5.74) is 0.508. The summed E-state index contributed by atoms with van der Waals surface area (Å²) in [5.74, 6) is 0.815. The third-order valence-electron chi connectivity index (χ3n) is 3.26. The van der Waals surface area contributed by atoms with Gasteiger partial charge in [0.15, 0.2) is 0 Å². The molecule has 0 aromatic heterocycles. The molecule has 1 heterocycles. The maximum atomic E-state index is 11.8. The Morgan fingerprint density at radius 1 is 1.42 bits per heavy atom. The van der Waals surface area contributed by atoms with E-state index in [0.717, 1.165) is 13.1 Å². The fraction of sp³-hybridized carbons (Fsp3) is 0.533. The summed E-state index contributed by atoms with van der Waals surface area (Å²) >= 11 is 0. The fourth-order valence-electron chi connectivity index (χ4n) is 2.24. The molecule has 0 saturated carbocycles. The van der Waals surface area contributed by atoms with Crippen LogP contribution in [-0.2, 0) is 4.74 Å². The van der Waals surface area contributed by atoms with E-state index >= 15 is 0 Å². The minimum atomic E-state index is -0.320. The molecule has 1 saturated heterocycles. The van der Waals surface area contributed by atoms with E-state index in [4.69, 9.17) is 9.47 Å². The van der Waals surface area contributed by atoms with Gasteiger partial charge in [0.05, 0.1) is 13.2 Å². The van der Waals surface area contributed by atoms with E-state index in [0.29, 0.717) is 30.4 Å². The molecule has 0 amide bonds. The van der Waals surface area contributed by atoms with Crippen molar-refractivity contribution in [3.05, 3.63) is 29.8 Å². The zero-order valence-corrected chi connectivity index (χ0v) is 11.4. The van der Waals surface area contributed by atoms with E-state index < -0.39 is 0 Å². The van der Waals surface area contributed by atoms with Crippen LogP contribution in [0, 0.1) is 5.92 Å². The van der Waals surface area contributed by atoms with Gasteiger partial charge in [-0.25, -0.2) is 4.79 Å². The minimum Gasteiger partial charge on any atom is -0.492 e. The maximum absolute atomic E-state index is 11.8. The molecule has 2 rings (SSSR count). The highest BCUT2D eigenvalue weighted by molar-refractivity contribution is 5.92. The molecule has 1 aliphatic heterocycles. The van der Waals surface area contributed by atoms with Gasteiger partial charge >= 0.3 is 5.97 Å². The molecule has 0 bridgehead atoms. The summed E-state index contributed by atoms with van der Waals surface area (Å²) in [6, 6.07) is 7.26. The molecule has 1 atom stereocenters. The number of benzene rings is 1. The van der Waals surface area contributed by atoms with Crippen molar-refractivity contribution in [2.24, 2.45) is 5.92 Å². The van der Waals surface area contributed by atoms with E-state index in [-0.39, 0.29) is 5.97 Å². The van der Waals surface area contributed by atoms with E-state index in [9.17, 15) is 4.79 Å². The summed E-state index contributed by atoms with van der Waals surface area (Å²) in [7, 11) is 0. The van der Waals surface area contributed by atoms with Crippen LogP contribution in [0.1, 0.15) is 30.1 Å². The topological polar surface area (TPSA) is 47.6 Å². The van der Waals surface area contributed by atoms with Crippen LogP contribution >= 0.6 is 0 Å². The van der Waals surface area contributed by atoms with Gasteiger partial charge in [-0.1, -0.05) is 12.1 Å². The number of hydrogen-bond acceptors (Lipinski definition) is 4. The van der Waals surface area contributed by atoms with Gasteiger partial charge in [-0.15, -0.1) is 0 Å². The molecule has 4 heteroatoms. The molecule has 19 heavy (non-hydrogen) atoms. The van der Waals surface area contributed by atoms with Gasteiger partial charge in [-0.05, 0) is 38.4 Å². The first-order valence-corrected chi connectivity index (χ1v) is 6.91. The second-order valence-electron chi connectivity index (χ2n) is 4.74. The Balaban J connectivity index is 1.97.